The lowest BCUT2D eigenvalue weighted by atomic mass is 10.0. The molecule has 1 aliphatic rings. The lowest BCUT2D eigenvalue weighted by Gasteiger charge is -2.12. The van der Waals surface area contributed by atoms with Crippen molar-refractivity contribution in [2.24, 2.45) is 0 Å². The third kappa shape index (κ3) is 2.04. The monoisotopic (exact) mass is 240 g/mol. The van der Waals surface area contributed by atoms with Gasteiger partial charge in [0.1, 0.15) is 5.75 Å². The molecule has 1 aliphatic heterocycles. The summed E-state index contributed by atoms with van der Waals surface area (Å²) in [5.41, 5.74) is 3.77. The first kappa shape index (κ1) is 11.1. The molecule has 0 saturated heterocycles. The number of nitrogens with zero attached hydrogens (tertiary/aromatic N) is 1. The molecule has 3 heteroatoms. The molecule has 2 heterocycles. The fourth-order valence-electron chi connectivity index (χ4n) is 2.37. The van der Waals surface area contributed by atoms with Gasteiger partial charge in [-0.2, -0.15) is 0 Å². The molecule has 0 bridgehead atoms. The van der Waals surface area contributed by atoms with Crippen molar-refractivity contribution in [1.82, 2.24) is 4.98 Å². The SMILES string of the molecule is CCOc1cncc(C2Cc3ccccc3N2)c1. The van der Waals surface area contributed by atoms with Crippen LogP contribution in [0.3, 0.4) is 0 Å². The van der Waals surface area contributed by atoms with Crippen LogP contribution in [0.4, 0.5) is 5.69 Å². The molecule has 0 saturated carbocycles. The van der Waals surface area contributed by atoms with Crippen molar-refractivity contribution in [3.05, 3.63) is 53.9 Å². The average molecular weight is 240 g/mol. The second-order valence-corrected chi connectivity index (χ2v) is 4.45. The minimum atomic E-state index is 0.301. The van der Waals surface area contributed by atoms with Gasteiger partial charge in [-0.15, -0.1) is 0 Å². The molecule has 1 aromatic carbocycles. The van der Waals surface area contributed by atoms with E-state index in [1.54, 1.807) is 6.20 Å². The first-order valence-electron chi connectivity index (χ1n) is 6.29. The Bertz CT molecular complexity index is 529. The molecular weight excluding hydrogens is 224 g/mol. The average Bonchev–Trinajstić information content (AvgIpc) is 2.83. The van der Waals surface area contributed by atoms with Crippen LogP contribution < -0.4 is 10.1 Å². The number of hydrogen-bond acceptors (Lipinski definition) is 3. The van der Waals surface area contributed by atoms with E-state index in [2.05, 4.69) is 40.6 Å². The Morgan fingerprint density at radius 2 is 2.22 bits per heavy atom. The molecule has 1 N–H and O–H groups in total. The Labute approximate surface area is 107 Å². The van der Waals surface area contributed by atoms with Gasteiger partial charge in [0, 0.05) is 11.9 Å². The molecule has 92 valence electrons. The predicted molar refractivity (Wildman–Crippen MR) is 71.9 cm³/mol. The number of para-hydroxylation sites is 1. The van der Waals surface area contributed by atoms with E-state index in [1.165, 1.54) is 16.8 Å². The molecule has 1 unspecified atom stereocenters. The van der Waals surface area contributed by atoms with Crippen LogP contribution in [0, 0.1) is 0 Å². The van der Waals surface area contributed by atoms with Crippen molar-refractivity contribution in [1.29, 1.82) is 0 Å². The highest BCUT2D eigenvalue weighted by Gasteiger charge is 2.21. The van der Waals surface area contributed by atoms with Gasteiger partial charge >= 0.3 is 0 Å². The summed E-state index contributed by atoms with van der Waals surface area (Å²) in [5.74, 6) is 0.841. The molecular formula is C15H16N2O. The number of fused-ring (bicyclic) bond motifs is 1. The van der Waals surface area contributed by atoms with Crippen molar-refractivity contribution in [3.8, 4) is 5.75 Å². The number of benzene rings is 1. The number of aromatic nitrogens is 1. The zero-order valence-electron chi connectivity index (χ0n) is 10.4. The Morgan fingerprint density at radius 3 is 3.06 bits per heavy atom. The Balaban J connectivity index is 1.83. The summed E-state index contributed by atoms with van der Waals surface area (Å²) in [4.78, 5) is 4.25. The maximum Gasteiger partial charge on any atom is 0.137 e. The normalized spacial score (nSPS) is 17.1. The first-order chi connectivity index (χ1) is 8.86. The number of pyridine rings is 1. The Kier molecular flexibility index (Phi) is 2.89. The summed E-state index contributed by atoms with van der Waals surface area (Å²) in [5, 5.41) is 3.52. The first-order valence-corrected chi connectivity index (χ1v) is 6.29. The van der Waals surface area contributed by atoms with Crippen LogP contribution >= 0.6 is 0 Å². The van der Waals surface area contributed by atoms with E-state index < -0.39 is 0 Å². The van der Waals surface area contributed by atoms with Crippen LogP contribution in [0.1, 0.15) is 24.1 Å². The molecule has 3 rings (SSSR count). The topological polar surface area (TPSA) is 34.1 Å². The van der Waals surface area contributed by atoms with E-state index in [4.69, 9.17) is 4.74 Å². The highest BCUT2D eigenvalue weighted by atomic mass is 16.5. The summed E-state index contributed by atoms with van der Waals surface area (Å²) in [6.45, 7) is 2.65. The summed E-state index contributed by atoms with van der Waals surface area (Å²) >= 11 is 0. The second-order valence-electron chi connectivity index (χ2n) is 4.45. The van der Waals surface area contributed by atoms with Gasteiger partial charge in [-0.1, -0.05) is 18.2 Å². The third-order valence-electron chi connectivity index (χ3n) is 3.22. The van der Waals surface area contributed by atoms with Crippen LogP contribution in [0.5, 0.6) is 5.75 Å². The summed E-state index contributed by atoms with van der Waals surface area (Å²) in [6, 6.07) is 10.8. The smallest absolute Gasteiger partial charge is 0.137 e. The second kappa shape index (κ2) is 4.69. The zero-order chi connectivity index (χ0) is 12.4. The van der Waals surface area contributed by atoms with Gasteiger partial charge in [-0.05, 0) is 36.6 Å². The van der Waals surface area contributed by atoms with Gasteiger partial charge in [-0.25, -0.2) is 0 Å². The van der Waals surface area contributed by atoms with E-state index >= 15 is 0 Å². The lowest BCUT2D eigenvalue weighted by Crippen LogP contribution is -2.06. The van der Waals surface area contributed by atoms with Gasteiger partial charge in [0.2, 0.25) is 0 Å². The van der Waals surface area contributed by atoms with Crippen molar-refractivity contribution in [2.75, 3.05) is 11.9 Å². The highest BCUT2D eigenvalue weighted by Crippen LogP contribution is 2.34. The predicted octanol–water partition coefficient (Wildman–Crippen LogP) is 3.19. The van der Waals surface area contributed by atoms with Crippen LogP contribution in [0.15, 0.2) is 42.7 Å². The number of rotatable bonds is 3. The fourth-order valence-corrected chi connectivity index (χ4v) is 2.37. The van der Waals surface area contributed by atoms with E-state index in [0.29, 0.717) is 12.6 Å². The van der Waals surface area contributed by atoms with E-state index in [0.717, 1.165) is 12.2 Å². The van der Waals surface area contributed by atoms with E-state index in [-0.39, 0.29) is 0 Å². The molecule has 18 heavy (non-hydrogen) atoms. The van der Waals surface area contributed by atoms with Gasteiger partial charge in [0.25, 0.3) is 0 Å². The van der Waals surface area contributed by atoms with Crippen LogP contribution in [-0.2, 0) is 6.42 Å². The Hall–Kier alpha value is -2.03. The van der Waals surface area contributed by atoms with Gasteiger partial charge in [0.15, 0.2) is 0 Å². The fraction of sp³-hybridized carbons (Fsp3) is 0.267. The van der Waals surface area contributed by atoms with Crippen LogP contribution in [0.2, 0.25) is 0 Å². The number of anilines is 1. The van der Waals surface area contributed by atoms with Gasteiger partial charge in [0.05, 0.1) is 18.8 Å². The zero-order valence-corrected chi connectivity index (χ0v) is 10.4. The third-order valence-corrected chi connectivity index (χ3v) is 3.22. The van der Waals surface area contributed by atoms with Crippen molar-refractivity contribution < 1.29 is 4.74 Å². The van der Waals surface area contributed by atoms with Crippen molar-refractivity contribution in [3.63, 3.8) is 0 Å². The van der Waals surface area contributed by atoms with E-state index in [9.17, 15) is 0 Å². The molecule has 0 aliphatic carbocycles. The number of nitrogens with one attached hydrogen (secondary N) is 1. The quantitative estimate of drug-likeness (QED) is 0.894. The number of ether oxygens (including phenoxy) is 1. The largest absolute Gasteiger partial charge is 0.492 e. The Morgan fingerprint density at radius 1 is 1.33 bits per heavy atom. The van der Waals surface area contributed by atoms with Gasteiger partial charge in [-0.3, -0.25) is 4.98 Å². The highest BCUT2D eigenvalue weighted by molar-refractivity contribution is 5.58. The number of hydrogen-bond donors (Lipinski definition) is 1. The van der Waals surface area contributed by atoms with E-state index in [1.807, 2.05) is 13.1 Å². The molecule has 0 radical (unpaired) electrons. The molecule has 0 amide bonds. The summed E-state index contributed by atoms with van der Waals surface area (Å²) in [7, 11) is 0. The molecule has 1 atom stereocenters. The van der Waals surface area contributed by atoms with Crippen LogP contribution in [0.25, 0.3) is 0 Å². The lowest BCUT2D eigenvalue weighted by molar-refractivity contribution is 0.338. The molecule has 1 aromatic heterocycles. The molecule has 3 nitrogen and oxygen atoms in total. The molecule has 0 fully saturated rings. The maximum atomic E-state index is 5.49. The molecule has 2 aromatic rings. The standard InChI is InChI=1S/C15H16N2O/c1-2-18-13-7-12(9-16-10-13)15-8-11-5-3-4-6-14(11)17-15/h3-7,9-10,15,17H,2,8H2,1H3. The van der Waals surface area contributed by atoms with Crippen LogP contribution in [-0.4, -0.2) is 11.6 Å². The molecule has 0 spiro atoms. The van der Waals surface area contributed by atoms with Gasteiger partial charge < -0.3 is 10.1 Å². The summed E-state index contributed by atoms with van der Waals surface area (Å²) < 4.78 is 5.49. The minimum absolute atomic E-state index is 0.301. The maximum absolute atomic E-state index is 5.49. The minimum Gasteiger partial charge on any atom is -0.492 e. The summed E-state index contributed by atoms with van der Waals surface area (Å²) in [6.07, 6.45) is 4.68. The van der Waals surface area contributed by atoms with Crippen molar-refractivity contribution >= 4 is 5.69 Å². The van der Waals surface area contributed by atoms with Crippen molar-refractivity contribution in [2.45, 2.75) is 19.4 Å².